The van der Waals surface area contributed by atoms with Crippen molar-refractivity contribution in [3.05, 3.63) is 131 Å². The van der Waals surface area contributed by atoms with E-state index in [1.165, 1.54) is 0 Å². The fourth-order valence-corrected chi connectivity index (χ4v) is 5.11. The van der Waals surface area contributed by atoms with Crippen molar-refractivity contribution in [3.8, 4) is 11.5 Å². The number of para-hydroxylation sites is 3. The lowest BCUT2D eigenvalue weighted by molar-refractivity contribution is -0.119. The molecular weight excluding hydrogens is 512 g/mol. The third-order valence-corrected chi connectivity index (χ3v) is 7.08. The first kappa shape index (κ1) is 26.0. The molecule has 6 nitrogen and oxygen atoms in total. The van der Waals surface area contributed by atoms with Crippen LogP contribution in [0.1, 0.15) is 39.2 Å². The second kappa shape index (κ2) is 11.5. The number of nitrogens with zero attached hydrogens (tertiary/aromatic N) is 1. The third-order valence-electron chi connectivity index (χ3n) is 7.08. The molecule has 1 aliphatic rings. The minimum absolute atomic E-state index is 0.379. The van der Waals surface area contributed by atoms with E-state index in [0.717, 1.165) is 51.3 Å². The molecule has 0 saturated carbocycles. The van der Waals surface area contributed by atoms with Crippen LogP contribution in [0.4, 0.5) is 5.69 Å². The lowest BCUT2D eigenvalue weighted by atomic mass is 10.0. The van der Waals surface area contributed by atoms with Crippen molar-refractivity contribution in [2.45, 2.75) is 19.8 Å². The van der Waals surface area contributed by atoms with E-state index in [0.29, 0.717) is 23.2 Å². The molecule has 4 aromatic carbocycles. The van der Waals surface area contributed by atoms with Crippen molar-refractivity contribution in [2.24, 2.45) is 0 Å². The summed E-state index contributed by atoms with van der Waals surface area (Å²) in [5.74, 6) is 0.594. The zero-order valence-electron chi connectivity index (χ0n) is 22.6. The number of aromatic nitrogens is 1. The summed E-state index contributed by atoms with van der Waals surface area (Å²) in [6.07, 6.45) is 3.48. The van der Waals surface area contributed by atoms with Gasteiger partial charge in [-0.3, -0.25) is 4.79 Å². The molecule has 5 aromatic rings. The average Bonchev–Trinajstić information content (AvgIpc) is 3.38. The second-order valence-electron chi connectivity index (χ2n) is 9.93. The summed E-state index contributed by atoms with van der Waals surface area (Å²) >= 11 is 0. The van der Waals surface area contributed by atoms with Gasteiger partial charge in [0.2, 0.25) is 0 Å². The SMILES string of the molecule is Cc1ccccc1NC(=O)COC(=O)c1c2c(nc3ccccc13)/C(=C/c1cccc(Oc3ccccc3)c1)CC2. The van der Waals surface area contributed by atoms with E-state index in [-0.39, 0.29) is 12.5 Å². The van der Waals surface area contributed by atoms with E-state index in [4.69, 9.17) is 14.5 Å². The molecule has 0 saturated heterocycles. The molecular formula is C35H28N2O4. The van der Waals surface area contributed by atoms with E-state index in [9.17, 15) is 9.59 Å². The van der Waals surface area contributed by atoms with Crippen LogP contribution in [0.3, 0.4) is 0 Å². The smallest absolute Gasteiger partial charge is 0.339 e. The maximum atomic E-state index is 13.5. The summed E-state index contributed by atoms with van der Waals surface area (Å²) in [5, 5.41) is 3.53. The summed E-state index contributed by atoms with van der Waals surface area (Å²) in [6, 6.07) is 32.6. The molecule has 0 radical (unpaired) electrons. The third kappa shape index (κ3) is 5.72. The highest BCUT2D eigenvalue weighted by molar-refractivity contribution is 6.08. The highest BCUT2D eigenvalue weighted by Gasteiger charge is 2.28. The molecule has 1 amide bonds. The molecule has 1 aromatic heterocycles. The number of ether oxygens (including phenoxy) is 2. The summed E-state index contributed by atoms with van der Waals surface area (Å²) in [6.45, 7) is 1.53. The number of hydrogen-bond acceptors (Lipinski definition) is 5. The van der Waals surface area contributed by atoms with Crippen molar-refractivity contribution in [1.29, 1.82) is 0 Å². The van der Waals surface area contributed by atoms with E-state index >= 15 is 0 Å². The molecule has 0 fully saturated rings. The number of pyridine rings is 1. The standard InChI is InChI=1S/C35H28N2O4/c1-23-10-5-7-16-30(23)36-32(38)22-40-35(39)33-28-15-6-8-17-31(28)37-34-25(18-19-29(33)34)20-24-11-9-14-27(21-24)41-26-12-3-2-4-13-26/h2-17,20-21H,18-19,22H2,1H3,(H,36,38)/b25-20+. The van der Waals surface area contributed by atoms with Gasteiger partial charge in [0.05, 0.1) is 16.8 Å². The number of amides is 1. The van der Waals surface area contributed by atoms with Crippen LogP contribution in [-0.2, 0) is 16.0 Å². The molecule has 0 spiro atoms. The van der Waals surface area contributed by atoms with Gasteiger partial charge >= 0.3 is 5.97 Å². The van der Waals surface area contributed by atoms with Crippen molar-refractivity contribution >= 4 is 40.1 Å². The first-order valence-electron chi connectivity index (χ1n) is 13.5. The van der Waals surface area contributed by atoms with Gasteiger partial charge in [-0.25, -0.2) is 9.78 Å². The van der Waals surface area contributed by atoms with Crippen molar-refractivity contribution in [3.63, 3.8) is 0 Å². The van der Waals surface area contributed by atoms with Crippen molar-refractivity contribution in [1.82, 2.24) is 4.98 Å². The number of rotatable bonds is 7. The van der Waals surface area contributed by atoms with Gasteiger partial charge in [-0.2, -0.15) is 0 Å². The Kier molecular flexibility index (Phi) is 7.28. The number of carbonyl (C=O) groups excluding carboxylic acids is 2. The monoisotopic (exact) mass is 540 g/mol. The van der Waals surface area contributed by atoms with Gasteiger partial charge in [0.15, 0.2) is 6.61 Å². The van der Waals surface area contributed by atoms with E-state index < -0.39 is 5.97 Å². The van der Waals surface area contributed by atoms with Gasteiger partial charge in [0.1, 0.15) is 11.5 Å². The Morgan fingerprint density at radius 2 is 1.61 bits per heavy atom. The number of esters is 1. The fourth-order valence-electron chi connectivity index (χ4n) is 5.11. The predicted octanol–water partition coefficient (Wildman–Crippen LogP) is 7.62. The zero-order valence-corrected chi connectivity index (χ0v) is 22.6. The number of carbonyl (C=O) groups is 2. The number of hydrogen-bond donors (Lipinski definition) is 1. The normalized spacial score (nSPS) is 13.1. The lowest BCUT2D eigenvalue weighted by Gasteiger charge is -2.13. The first-order valence-corrected chi connectivity index (χ1v) is 13.5. The highest BCUT2D eigenvalue weighted by atomic mass is 16.5. The lowest BCUT2D eigenvalue weighted by Crippen LogP contribution is -2.22. The second-order valence-corrected chi connectivity index (χ2v) is 9.93. The Bertz CT molecular complexity index is 1790. The predicted molar refractivity (Wildman–Crippen MR) is 161 cm³/mol. The van der Waals surface area contributed by atoms with Crippen LogP contribution in [0.25, 0.3) is 22.6 Å². The molecule has 0 unspecified atom stereocenters. The van der Waals surface area contributed by atoms with Crippen LogP contribution in [0, 0.1) is 6.92 Å². The molecule has 202 valence electrons. The van der Waals surface area contributed by atoms with Crippen LogP contribution in [0.15, 0.2) is 103 Å². The van der Waals surface area contributed by atoms with Crippen LogP contribution in [-0.4, -0.2) is 23.5 Å². The molecule has 0 atom stereocenters. The van der Waals surface area contributed by atoms with Crippen molar-refractivity contribution < 1.29 is 19.1 Å². The van der Waals surface area contributed by atoms with Crippen LogP contribution < -0.4 is 10.1 Å². The maximum absolute atomic E-state index is 13.5. The Labute approximate surface area is 238 Å². The molecule has 6 heteroatoms. The molecule has 0 aliphatic heterocycles. The van der Waals surface area contributed by atoms with Crippen LogP contribution >= 0.6 is 0 Å². The summed E-state index contributed by atoms with van der Waals surface area (Å²) < 4.78 is 11.6. The quantitative estimate of drug-likeness (QED) is 0.215. The Morgan fingerprint density at radius 1 is 0.854 bits per heavy atom. The van der Waals surface area contributed by atoms with Gasteiger partial charge in [-0.05, 0) is 84.5 Å². The topological polar surface area (TPSA) is 77.5 Å². The largest absolute Gasteiger partial charge is 0.457 e. The summed E-state index contributed by atoms with van der Waals surface area (Å²) in [4.78, 5) is 31.0. The Balaban J connectivity index is 1.27. The van der Waals surface area contributed by atoms with Gasteiger partial charge in [-0.1, -0.05) is 66.7 Å². The molecule has 0 bridgehead atoms. The Hall–Kier alpha value is -5.23. The van der Waals surface area contributed by atoms with Crippen LogP contribution in [0.5, 0.6) is 11.5 Å². The number of fused-ring (bicyclic) bond motifs is 2. The summed E-state index contributed by atoms with van der Waals surface area (Å²) in [5.41, 5.74) is 6.45. The van der Waals surface area contributed by atoms with E-state index in [2.05, 4.69) is 11.4 Å². The zero-order chi connectivity index (χ0) is 28.2. The van der Waals surface area contributed by atoms with E-state index in [1.54, 1.807) is 0 Å². The number of nitrogens with one attached hydrogen (secondary N) is 1. The first-order chi connectivity index (χ1) is 20.0. The van der Waals surface area contributed by atoms with E-state index in [1.807, 2.05) is 110 Å². The van der Waals surface area contributed by atoms with Crippen LogP contribution in [0.2, 0.25) is 0 Å². The molecule has 6 rings (SSSR count). The molecule has 41 heavy (non-hydrogen) atoms. The number of allylic oxidation sites excluding steroid dienone is 1. The number of benzene rings is 4. The van der Waals surface area contributed by atoms with Gasteiger partial charge in [0.25, 0.3) is 5.91 Å². The Morgan fingerprint density at radius 3 is 2.46 bits per heavy atom. The minimum atomic E-state index is -0.528. The van der Waals surface area contributed by atoms with Gasteiger partial charge < -0.3 is 14.8 Å². The van der Waals surface area contributed by atoms with Gasteiger partial charge in [0, 0.05) is 11.1 Å². The highest BCUT2D eigenvalue weighted by Crippen LogP contribution is 2.38. The van der Waals surface area contributed by atoms with Gasteiger partial charge in [-0.15, -0.1) is 0 Å². The maximum Gasteiger partial charge on any atom is 0.339 e. The summed E-state index contributed by atoms with van der Waals surface area (Å²) in [7, 11) is 0. The molecule has 1 heterocycles. The van der Waals surface area contributed by atoms with Crippen molar-refractivity contribution in [2.75, 3.05) is 11.9 Å². The number of aryl methyl sites for hydroxylation is 1. The molecule has 1 N–H and O–H groups in total. The minimum Gasteiger partial charge on any atom is -0.457 e. The fraction of sp³-hybridized carbons (Fsp3) is 0.114. The molecule has 1 aliphatic carbocycles. The average molecular weight is 541 g/mol. The number of anilines is 1.